The maximum Gasteiger partial charge on any atom is 0.303 e. The molecule has 5 nitrogen and oxygen atoms in total. The molecular formula is C22H21NO4. The van der Waals surface area contributed by atoms with Crippen LogP contribution in [0.4, 0.5) is 0 Å². The van der Waals surface area contributed by atoms with Gasteiger partial charge in [0.15, 0.2) is 0 Å². The number of fused-ring (bicyclic) bond motifs is 1. The fourth-order valence-electron chi connectivity index (χ4n) is 2.75. The fourth-order valence-corrected chi connectivity index (χ4v) is 2.75. The average molecular weight is 363 g/mol. The molecule has 1 amide bonds. The molecule has 0 aliphatic rings. The van der Waals surface area contributed by atoms with Gasteiger partial charge in [-0.25, -0.2) is 0 Å². The first-order valence-electron chi connectivity index (χ1n) is 8.84. The van der Waals surface area contributed by atoms with Crippen LogP contribution in [0.3, 0.4) is 0 Å². The van der Waals surface area contributed by atoms with E-state index in [-0.39, 0.29) is 18.7 Å². The molecule has 0 radical (unpaired) electrons. The Bertz CT molecular complexity index is 934. The maximum absolute atomic E-state index is 11.5. The highest BCUT2D eigenvalue weighted by molar-refractivity contribution is 5.83. The summed E-state index contributed by atoms with van der Waals surface area (Å²) in [6.45, 7) is 0.476. The molecule has 3 aromatic rings. The first-order valence-corrected chi connectivity index (χ1v) is 8.84. The van der Waals surface area contributed by atoms with Crippen LogP contribution >= 0.6 is 0 Å². The molecule has 0 saturated carbocycles. The van der Waals surface area contributed by atoms with Gasteiger partial charge in [-0.3, -0.25) is 9.59 Å². The zero-order valence-electron chi connectivity index (χ0n) is 14.9. The first-order chi connectivity index (χ1) is 13.1. The predicted octanol–water partition coefficient (Wildman–Crippen LogP) is 4.16. The summed E-state index contributed by atoms with van der Waals surface area (Å²) in [4.78, 5) is 21.9. The zero-order valence-corrected chi connectivity index (χ0v) is 14.9. The number of ether oxygens (including phenoxy) is 1. The topological polar surface area (TPSA) is 75.6 Å². The average Bonchev–Trinajstić information content (AvgIpc) is 2.68. The minimum absolute atomic E-state index is 0.00781. The Labute approximate surface area is 157 Å². The van der Waals surface area contributed by atoms with Gasteiger partial charge in [-0.1, -0.05) is 42.5 Å². The van der Waals surface area contributed by atoms with Crippen LogP contribution in [0.2, 0.25) is 0 Å². The molecule has 0 aliphatic carbocycles. The third-order valence-corrected chi connectivity index (χ3v) is 4.18. The van der Waals surface area contributed by atoms with Crippen molar-refractivity contribution in [1.29, 1.82) is 0 Å². The van der Waals surface area contributed by atoms with E-state index in [1.54, 1.807) is 0 Å². The number of rotatable bonds is 8. The van der Waals surface area contributed by atoms with Crippen LogP contribution in [0, 0.1) is 0 Å². The van der Waals surface area contributed by atoms with Crippen molar-refractivity contribution in [3.63, 3.8) is 0 Å². The van der Waals surface area contributed by atoms with Crippen molar-refractivity contribution in [2.24, 2.45) is 0 Å². The Morgan fingerprint density at radius 1 is 0.852 bits per heavy atom. The molecule has 2 N–H and O–H groups in total. The van der Waals surface area contributed by atoms with E-state index in [2.05, 4.69) is 17.4 Å². The molecule has 3 aromatic carbocycles. The Kier molecular flexibility index (Phi) is 6.05. The maximum atomic E-state index is 11.5. The summed E-state index contributed by atoms with van der Waals surface area (Å²) in [6.07, 6.45) is 0.537. The van der Waals surface area contributed by atoms with E-state index < -0.39 is 5.97 Å². The van der Waals surface area contributed by atoms with Crippen molar-refractivity contribution in [2.45, 2.75) is 19.3 Å². The molecule has 0 aliphatic heterocycles. The van der Waals surface area contributed by atoms with Gasteiger partial charge in [0.2, 0.25) is 5.91 Å². The second-order valence-electron chi connectivity index (χ2n) is 6.25. The van der Waals surface area contributed by atoms with Gasteiger partial charge in [-0.2, -0.15) is 0 Å². The Hall–Kier alpha value is -3.34. The number of benzene rings is 3. The predicted molar refractivity (Wildman–Crippen MR) is 104 cm³/mol. The van der Waals surface area contributed by atoms with Gasteiger partial charge < -0.3 is 15.2 Å². The zero-order chi connectivity index (χ0) is 19.1. The molecule has 0 atom stereocenters. The Balaban J connectivity index is 1.50. The molecule has 27 heavy (non-hydrogen) atoms. The number of nitrogens with one attached hydrogen (secondary N) is 1. The lowest BCUT2D eigenvalue weighted by atomic mass is 10.1. The van der Waals surface area contributed by atoms with E-state index in [1.807, 2.05) is 54.6 Å². The van der Waals surface area contributed by atoms with Crippen LogP contribution in [0.15, 0.2) is 66.7 Å². The van der Waals surface area contributed by atoms with Crippen molar-refractivity contribution in [3.8, 4) is 11.5 Å². The molecule has 0 fully saturated rings. The van der Waals surface area contributed by atoms with E-state index in [4.69, 9.17) is 9.84 Å². The summed E-state index contributed by atoms with van der Waals surface area (Å²) in [5.74, 6) is 0.326. The summed E-state index contributed by atoms with van der Waals surface area (Å²) in [5.41, 5.74) is 1.07. The van der Waals surface area contributed by atoms with Crippen LogP contribution in [-0.4, -0.2) is 23.5 Å². The van der Waals surface area contributed by atoms with Crippen molar-refractivity contribution in [2.75, 3.05) is 6.54 Å². The fraction of sp³-hybridized carbons (Fsp3) is 0.182. The van der Waals surface area contributed by atoms with E-state index in [1.165, 1.54) is 5.39 Å². The second-order valence-corrected chi connectivity index (χ2v) is 6.25. The largest absolute Gasteiger partial charge is 0.481 e. The monoisotopic (exact) mass is 363 g/mol. The highest BCUT2D eigenvalue weighted by Crippen LogP contribution is 2.25. The summed E-state index contributed by atoms with van der Waals surface area (Å²) in [5, 5.41) is 13.6. The van der Waals surface area contributed by atoms with Crippen LogP contribution < -0.4 is 10.1 Å². The lowest BCUT2D eigenvalue weighted by molar-refractivity contribution is -0.138. The molecule has 0 aromatic heterocycles. The minimum atomic E-state index is -0.966. The lowest BCUT2D eigenvalue weighted by Gasteiger charge is -2.08. The highest BCUT2D eigenvalue weighted by atomic mass is 16.5. The molecule has 0 heterocycles. The van der Waals surface area contributed by atoms with Crippen molar-refractivity contribution in [3.05, 3.63) is 72.3 Å². The molecule has 0 bridgehead atoms. The first kappa shape index (κ1) is 18.5. The van der Waals surface area contributed by atoms with Crippen LogP contribution in [0.1, 0.15) is 18.4 Å². The molecule has 0 saturated heterocycles. The van der Waals surface area contributed by atoms with Gasteiger partial charge in [0.05, 0.1) is 6.42 Å². The Morgan fingerprint density at radius 3 is 2.30 bits per heavy atom. The molecule has 0 unspecified atom stereocenters. The number of amides is 1. The summed E-state index contributed by atoms with van der Waals surface area (Å²) in [6, 6.07) is 21.8. The van der Waals surface area contributed by atoms with E-state index in [0.29, 0.717) is 13.0 Å². The minimum Gasteiger partial charge on any atom is -0.481 e. The number of carbonyl (C=O) groups is 2. The number of carbonyl (C=O) groups excluding carboxylic acids is 1. The van der Waals surface area contributed by atoms with Crippen molar-refractivity contribution < 1.29 is 19.4 Å². The molecule has 0 spiro atoms. The van der Waals surface area contributed by atoms with Gasteiger partial charge in [0.1, 0.15) is 11.5 Å². The molecule has 5 heteroatoms. The van der Waals surface area contributed by atoms with Gasteiger partial charge in [-0.05, 0) is 47.0 Å². The van der Waals surface area contributed by atoms with Gasteiger partial charge >= 0.3 is 5.97 Å². The normalized spacial score (nSPS) is 10.5. The highest BCUT2D eigenvalue weighted by Gasteiger charge is 2.05. The lowest BCUT2D eigenvalue weighted by Crippen LogP contribution is -2.25. The quantitative estimate of drug-likeness (QED) is 0.630. The third-order valence-electron chi connectivity index (χ3n) is 4.18. The SMILES string of the molecule is O=C(O)CCC(=O)NCCc1ccc(Oc2ccc3ccccc3c2)cc1. The smallest absolute Gasteiger partial charge is 0.303 e. The van der Waals surface area contributed by atoms with E-state index >= 15 is 0 Å². The summed E-state index contributed by atoms with van der Waals surface area (Å²) < 4.78 is 5.91. The second kappa shape index (κ2) is 8.85. The Morgan fingerprint density at radius 2 is 1.56 bits per heavy atom. The number of carboxylic acids is 1. The van der Waals surface area contributed by atoms with E-state index in [9.17, 15) is 9.59 Å². The summed E-state index contributed by atoms with van der Waals surface area (Å²) >= 11 is 0. The number of hydrogen-bond acceptors (Lipinski definition) is 3. The van der Waals surface area contributed by atoms with Crippen LogP contribution in [0.25, 0.3) is 10.8 Å². The molecular weight excluding hydrogens is 342 g/mol. The number of carboxylic acid groups (broad SMARTS) is 1. The van der Waals surface area contributed by atoms with Gasteiger partial charge in [0, 0.05) is 13.0 Å². The standard InChI is InChI=1S/C22H21NO4/c24-21(11-12-22(25)26)23-14-13-16-5-8-19(9-6-16)27-20-10-7-17-3-1-2-4-18(17)15-20/h1-10,15H,11-14H2,(H,23,24)(H,25,26). The van der Waals surface area contributed by atoms with Crippen molar-refractivity contribution >= 4 is 22.6 Å². The van der Waals surface area contributed by atoms with Crippen molar-refractivity contribution in [1.82, 2.24) is 5.32 Å². The van der Waals surface area contributed by atoms with Crippen LogP contribution in [0.5, 0.6) is 11.5 Å². The van der Waals surface area contributed by atoms with E-state index in [0.717, 1.165) is 22.4 Å². The summed E-state index contributed by atoms with van der Waals surface area (Å²) in [7, 11) is 0. The number of aliphatic carboxylic acids is 1. The molecule has 3 rings (SSSR count). The van der Waals surface area contributed by atoms with Gasteiger partial charge in [0.25, 0.3) is 0 Å². The number of hydrogen-bond donors (Lipinski definition) is 2. The van der Waals surface area contributed by atoms with Gasteiger partial charge in [-0.15, -0.1) is 0 Å². The molecule has 138 valence electrons. The third kappa shape index (κ3) is 5.57. The van der Waals surface area contributed by atoms with Crippen LogP contribution in [-0.2, 0) is 16.0 Å².